The Morgan fingerprint density at radius 1 is 0.451 bits per heavy atom. The summed E-state index contributed by atoms with van der Waals surface area (Å²) in [5.41, 5.74) is 14.7. The minimum atomic E-state index is 0. The van der Waals surface area contributed by atoms with Gasteiger partial charge in [0.05, 0.1) is 11.4 Å². The van der Waals surface area contributed by atoms with Gasteiger partial charge in [-0.05, 0) is 62.8 Å². The summed E-state index contributed by atoms with van der Waals surface area (Å²) in [6.45, 7) is 0. The molecule has 8 rings (SSSR count). The van der Waals surface area contributed by atoms with Gasteiger partial charge in [-0.2, -0.15) is 0 Å². The van der Waals surface area contributed by atoms with Crippen LogP contribution in [0, 0.1) is 12.1 Å². The minimum absolute atomic E-state index is 0. The van der Waals surface area contributed by atoms with E-state index in [9.17, 15) is 0 Å². The monoisotopic (exact) mass is 742 g/mol. The van der Waals surface area contributed by atoms with E-state index in [-0.39, 0.29) is 20.4 Å². The first-order valence-electron chi connectivity index (χ1n) is 16.7. The third-order valence-electron chi connectivity index (χ3n) is 8.81. The summed E-state index contributed by atoms with van der Waals surface area (Å²) < 4.78 is 0. The third-order valence-corrected chi connectivity index (χ3v) is 8.81. The fraction of sp³-hybridized carbons (Fsp3) is 0. The van der Waals surface area contributed by atoms with E-state index in [1.165, 1.54) is 27.8 Å². The fourth-order valence-electron chi connectivity index (χ4n) is 6.42. The number of rotatable bonds is 8. The molecule has 0 bridgehead atoms. The molecule has 0 spiro atoms. The number of pyridine rings is 2. The van der Waals surface area contributed by atoms with Gasteiger partial charge in [-0.15, -0.1) is 70.8 Å². The molecule has 0 aliphatic heterocycles. The van der Waals surface area contributed by atoms with Gasteiger partial charge < -0.3 is 0 Å². The van der Waals surface area contributed by atoms with Gasteiger partial charge >= 0.3 is 20.4 Å². The Hall–Kier alpha value is -5.98. The predicted octanol–water partition coefficient (Wildman–Crippen LogP) is 12.1. The first kappa shape index (κ1) is 33.5. The summed E-state index contributed by atoms with van der Waals surface area (Å²) >= 11 is 0. The number of benzene rings is 6. The van der Waals surface area contributed by atoms with Crippen LogP contribution in [0.4, 0.5) is 0 Å². The molecule has 0 saturated heterocycles. The minimum Gasteiger partial charge on any atom is -0.294 e. The first-order valence-corrected chi connectivity index (χ1v) is 16.7. The molecule has 0 N–H and O–H groups in total. The maximum Gasteiger partial charge on any atom is 2.00 e. The van der Waals surface area contributed by atoms with Crippen LogP contribution < -0.4 is 0 Å². The van der Waals surface area contributed by atoms with Crippen LogP contribution in [0.5, 0.6) is 0 Å². The third kappa shape index (κ3) is 7.47. The van der Waals surface area contributed by atoms with Crippen LogP contribution in [0.2, 0.25) is 0 Å². The van der Waals surface area contributed by atoms with Crippen molar-refractivity contribution in [2.24, 2.45) is 0 Å². The molecule has 8 aromatic rings. The van der Waals surface area contributed by atoms with Crippen LogP contribution in [0.25, 0.3) is 73.1 Å². The van der Waals surface area contributed by atoms with Crippen molar-refractivity contribution >= 4 is 6.08 Å². The summed E-state index contributed by atoms with van der Waals surface area (Å²) in [5, 5.41) is 0. The van der Waals surface area contributed by atoms with Crippen molar-refractivity contribution in [3.8, 4) is 67.0 Å². The standard InChI is InChI=1S/C48H32N2.Pd/c1-3-16-35(17-4-1)43-24-9-11-26-45(43)39-22-15-21-38(32-39)42-23-8-7-20-37(42)29-30-41-33-40(34-48(50-41)47-28-13-14-31-49-47)46-27-12-10-25-44(46)36-18-5-2-6-19-36;/h1-20,22-28,30-34H;/q-2;+2. The van der Waals surface area contributed by atoms with Gasteiger partial charge in [0.1, 0.15) is 0 Å². The number of aromatic nitrogens is 2. The summed E-state index contributed by atoms with van der Waals surface area (Å²) in [6, 6.07) is 66.5. The summed E-state index contributed by atoms with van der Waals surface area (Å²) in [6.07, 6.45) is 7.39. The van der Waals surface area contributed by atoms with Gasteiger partial charge in [0, 0.05) is 6.20 Å². The van der Waals surface area contributed by atoms with Crippen LogP contribution in [-0.4, -0.2) is 9.97 Å². The molecule has 244 valence electrons. The zero-order chi connectivity index (χ0) is 33.5. The van der Waals surface area contributed by atoms with Crippen LogP contribution in [0.1, 0.15) is 11.3 Å². The maximum atomic E-state index is 5.05. The Kier molecular flexibility index (Phi) is 10.3. The molecule has 2 heterocycles. The topological polar surface area (TPSA) is 25.8 Å². The molecular weight excluding hydrogens is 711 g/mol. The number of hydrogen-bond acceptors (Lipinski definition) is 2. The Morgan fingerprint density at radius 2 is 1.00 bits per heavy atom. The summed E-state index contributed by atoms with van der Waals surface area (Å²) in [7, 11) is 0. The van der Waals surface area contributed by atoms with Gasteiger partial charge in [0.2, 0.25) is 0 Å². The molecule has 0 amide bonds. The van der Waals surface area contributed by atoms with Crippen molar-refractivity contribution in [1.29, 1.82) is 0 Å². The largest absolute Gasteiger partial charge is 2.00 e. The predicted molar refractivity (Wildman–Crippen MR) is 207 cm³/mol. The van der Waals surface area contributed by atoms with Gasteiger partial charge in [0.15, 0.2) is 0 Å². The quantitative estimate of drug-likeness (QED) is 0.114. The molecule has 0 saturated carbocycles. The van der Waals surface area contributed by atoms with Gasteiger partial charge in [0.25, 0.3) is 0 Å². The van der Waals surface area contributed by atoms with Crippen molar-refractivity contribution in [3.05, 3.63) is 212 Å². The average Bonchev–Trinajstić information content (AvgIpc) is 3.21. The Balaban J connectivity index is 0.00000406. The Bertz CT molecular complexity index is 2420. The van der Waals surface area contributed by atoms with E-state index >= 15 is 0 Å². The van der Waals surface area contributed by atoms with Crippen molar-refractivity contribution < 1.29 is 20.4 Å². The smallest absolute Gasteiger partial charge is 0.294 e. The molecule has 2 nitrogen and oxygen atoms in total. The first-order chi connectivity index (χ1) is 24.8. The van der Waals surface area contributed by atoms with E-state index < -0.39 is 0 Å². The summed E-state index contributed by atoms with van der Waals surface area (Å²) in [4.78, 5) is 9.69. The zero-order valence-electron chi connectivity index (χ0n) is 27.7. The second-order valence-corrected chi connectivity index (χ2v) is 12.0. The molecule has 0 fully saturated rings. The Labute approximate surface area is 313 Å². The van der Waals surface area contributed by atoms with Gasteiger partial charge in [-0.3, -0.25) is 9.97 Å². The van der Waals surface area contributed by atoms with Crippen LogP contribution >= 0.6 is 0 Å². The molecule has 0 aliphatic rings. The van der Waals surface area contributed by atoms with E-state index in [2.05, 4.69) is 163 Å². The molecule has 0 aliphatic carbocycles. The van der Waals surface area contributed by atoms with E-state index in [1.807, 2.05) is 48.7 Å². The molecule has 0 radical (unpaired) electrons. The molecular formula is C48H32N2Pd. The second kappa shape index (κ2) is 15.7. The molecule has 0 atom stereocenters. The molecule has 51 heavy (non-hydrogen) atoms. The van der Waals surface area contributed by atoms with E-state index in [4.69, 9.17) is 4.98 Å². The fourth-order valence-corrected chi connectivity index (χ4v) is 6.42. The zero-order valence-corrected chi connectivity index (χ0v) is 29.2. The van der Waals surface area contributed by atoms with E-state index in [0.717, 1.165) is 50.5 Å². The maximum absolute atomic E-state index is 5.05. The molecule has 6 aromatic carbocycles. The van der Waals surface area contributed by atoms with Crippen LogP contribution in [-0.2, 0) is 20.4 Å². The second-order valence-electron chi connectivity index (χ2n) is 12.0. The van der Waals surface area contributed by atoms with Crippen molar-refractivity contribution in [2.75, 3.05) is 0 Å². The normalized spacial score (nSPS) is 10.9. The molecule has 0 unspecified atom stereocenters. The average molecular weight is 743 g/mol. The van der Waals surface area contributed by atoms with Crippen molar-refractivity contribution in [2.45, 2.75) is 0 Å². The van der Waals surface area contributed by atoms with Crippen molar-refractivity contribution in [1.82, 2.24) is 9.97 Å². The molecule has 3 heteroatoms. The molecule has 2 aromatic heterocycles. The Morgan fingerprint density at radius 3 is 1.63 bits per heavy atom. The number of nitrogens with zero attached hydrogens (tertiary/aromatic N) is 2. The van der Waals surface area contributed by atoms with Gasteiger partial charge in [-0.1, -0.05) is 133 Å². The summed E-state index contributed by atoms with van der Waals surface area (Å²) in [5.74, 6) is 0. The van der Waals surface area contributed by atoms with E-state index in [0.29, 0.717) is 0 Å². The number of hydrogen-bond donors (Lipinski definition) is 0. The van der Waals surface area contributed by atoms with Gasteiger partial charge in [-0.25, -0.2) is 0 Å². The SMILES string of the molecule is [C-](=Cc1cc(-c2ccccc2-c2ccccc2)cc(-c2ccccn2)n1)c1ccccc1-c1[c-]ccc(-c2ccccc2-c2ccccc2)c1.[Pd+2]. The van der Waals surface area contributed by atoms with Crippen LogP contribution in [0.3, 0.4) is 0 Å². The van der Waals surface area contributed by atoms with Crippen molar-refractivity contribution in [3.63, 3.8) is 0 Å². The van der Waals surface area contributed by atoms with E-state index in [1.54, 1.807) is 0 Å². The van der Waals surface area contributed by atoms with Crippen LogP contribution in [0.15, 0.2) is 188 Å².